The summed E-state index contributed by atoms with van der Waals surface area (Å²) in [4.78, 5) is 21.4. The van der Waals surface area contributed by atoms with Gasteiger partial charge < -0.3 is 5.11 Å². The summed E-state index contributed by atoms with van der Waals surface area (Å²) in [5.41, 5.74) is 7.03. The first-order chi connectivity index (χ1) is 20.1. The second-order valence-electron chi connectivity index (χ2n) is 12.6. The van der Waals surface area contributed by atoms with E-state index in [9.17, 15) is 9.90 Å². The smallest absolute Gasteiger partial charge is 0.162 e. The maximum atomic E-state index is 11.7. The van der Waals surface area contributed by atoms with Gasteiger partial charge in [-0.3, -0.25) is 14.8 Å². The van der Waals surface area contributed by atoms with Crippen LogP contribution in [0, 0.1) is 23.8 Å². The van der Waals surface area contributed by atoms with Crippen LogP contribution in [0.5, 0.6) is 0 Å². The third kappa shape index (κ3) is 7.10. The standard InChI is InChI=1S/C25H23N2.C13H24O2.Ir/c1-15(2)11-16-7-6-10-22-19(16)12-20-24(27-22)18-9-5-8-17-13-26-14-21(23(17)18)25(20,3)4;1-5-10(6-2)12(14)9-13(15)11(7-3)8-4;/h5-8,10,12-15H,11H2,1-4H3;9-11,14H,5-8H2,1-4H3;/q-1;;/b;12-9-;. The number of benzene rings is 2. The average Bonchev–Trinajstić information content (AvgIpc) is 2.97. The minimum Gasteiger partial charge on any atom is -0.512 e. The Balaban J connectivity index is 0.000000274. The summed E-state index contributed by atoms with van der Waals surface area (Å²) in [6.07, 6.45) is 9.94. The number of carbonyl (C=O) groups excluding carboxylic acids is 1. The monoisotopic (exact) mass is 756 g/mol. The van der Waals surface area contributed by atoms with Crippen molar-refractivity contribution in [3.63, 3.8) is 0 Å². The van der Waals surface area contributed by atoms with Gasteiger partial charge in [-0.25, -0.2) is 0 Å². The molecular formula is C38H47IrN2O2-. The van der Waals surface area contributed by atoms with Gasteiger partial charge in [0, 0.05) is 61.2 Å². The van der Waals surface area contributed by atoms with Gasteiger partial charge in [-0.05, 0) is 55.3 Å². The molecule has 1 aliphatic carbocycles. The minimum atomic E-state index is -0.143. The molecule has 5 heteroatoms. The van der Waals surface area contributed by atoms with Crippen molar-refractivity contribution in [2.24, 2.45) is 17.8 Å². The van der Waals surface area contributed by atoms with Crippen molar-refractivity contribution >= 4 is 27.5 Å². The van der Waals surface area contributed by atoms with E-state index in [0.29, 0.717) is 5.92 Å². The molecule has 0 bridgehead atoms. The number of hydrogen-bond donors (Lipinski definition) is 1. The van der Waals surface area contributed by atoms with Crippen LogP contribution in [0.2, 0.25) is 0 Å². The van der Waals surface area contributed by atoms with Gasteiger partial charge in [-0.2, -0.15) is 0 Å². The molecule has 4 nitrogen and oxygen atoms in total. The van der Waals surface area contributed by atoms with Crippen molar-refractivity contribution in [3.8, 4) is 11.3 Å². The van der Waals surface area contributed by atoms with E-state index in [2.05, 4.69) is 69.1 Å². The zero-order chi connectivity index (χ0) is 30.6. The fourth-order valence-corrected chi connectivity index (χ4v) is 6.30. The van der Waals surface area contributed by atoms with Gasteiger partial charge in [0.25, 0.3) is 0 Å². The summed E-state index contributed by atoms with van der Waals surface area (Å²) in [6, 6.07) is 16.4. The van der Waals surface area contributed by atoms with E-state index >= 15 is 0 Å². The summed E-state index contributed by atoms with van der Waals surface area (Å²) in [6.45, 7) is 17.2. The number of aliphatic hydroxyl groups excluding tert-OH is 1. The molecule has 0 atom stereocenters. The molecule has 2 aromatic carbocycles. The van der Waals surface area contributed by atoms with Crippen LogP contribution in [-0.2, 0) is 36.7 Å². The second kappa shape index (κ2) is 14.7. The maximum Gasteiger partial charge on any atom is 0.162 e. The Labute approximate surface area is 271 Å². The normalized spacial score (nSPS) is 13.6. The Morgan fingerprint density at radius 3 is 2.28 bits per heavy atom. The molecule has 1 N–H and O–H groups in total. The summed E-state index contributed by atoms with van der Waals surface area (Å²) in [5, 5.41) is 13.4. The summed E-state index contributed by atoms with van der Waals surface area (Å²) < 4.78 is 0. The molecule has 2 heterocycles. The van der Waals surface area contributed by atoms with E-state index < -0.39 is 0 Å². The maximum absolute atomic E-state index is 11.7. The number of pyridine rings is 2. The van der Waals surface area contributed by atoms with Crippen LogP contribution in [0.15, 0.2) is 60.6 Å². The van der Waals surface area contributed by atoms with E-state index in [0.717, 1.165) is 54.3 Å². The topological polar surface area (TPSA) is 63.1 Å². The van der Waals surface area contributed by atoms with Gasteiger partial charge in [0.15, 0.2) is 5.78 Å². The molecule has 0 saturated heterocycles. The van der Waals surface area contributed by atoms with Crippen LogP contribution in [-0.4, -0.2) is 20.9 Å². The number of carbonyl (C=O) groups is 1. The van der Waals surface area contributed by atoms with Crippen LogP contribution in [0.4, 0.5) is 0 Å². The minimum absolute atomic E-state index is 0. The van der Waals surface area contributed by atoms with E-state index in [1.807, 2.05) is 46.2 Å². The van der Waals surface area contributed by atoms with Crippen molar-refractivity contribution < 1.29 is 30.0 Å². The van der Waals surface area contributed by atoms with Crippen LogP contribution < -0.4 is 0 Å². The Bertz CT molecular complexity index is 1590. The predicted octanol–water partition coefficient (Wildman–Crippen LogP) is 9.96. The molecular weight excluding hydrogens is 709 g/mol. The van der Waals surface area contributed by atoms with Gasteiger partial charge in [0.1, 0.15) is 0 Å². The number of rotatable bonds is 9. The van der Waals surface area contributed by atoms with Gasteiger partial charge in [0.05, 0.1) is 11.3 Å². The number of aromatic nitrogens is 2. The molecule has 0 spiro atoms. The number of aliphatic hydroxyl groups is 1. The first kappa shape index (κ1) is 34.6. The number of ketones is 1. The van der Waals surface area contributed by atoms with Crippen molar-refractivity contribution in [2.45, 2.75) is 92.9 Å². The molecule has 0 amide bonds. The van der Waals surface area contributed by atoms with Crippen molar-refractivity contribution in [2.75, 3.05) is 0 Å². The largest absolute Gasteiger partial charge is 0.512 e. The first-order valence-corrected chi connectivity index (χ1v) is 15.7. The molecule has 5 rings (SSSR count). The van der Waals surface area contributed by atoms with Gasteiger partial charge >= 0.3 is 0 Å². The number of fused-ring (bicyclic) bond motifs is 3. The van der Waals surface area contributed by atoms with Crippen molar-refractivity contribution in [3.05, 3.63) is 83.4 Å². The third-order valence-electron chi connectivity index (χ3n) is 8.96. The van der Waals surface area contributed by atoms with Crippen molar-refractivity contribution in [1.29, 1.82) is 0 Å². The molecule has 231 valence electrons. The van der Waals surface area contributed by atoms with Gasteiger partial charge in [-0.1, -0.05) is 95.5 Å². The summed E-state index contributed by atoms with van der Waals surface area (Å²) in [7, 11) is 0. The van der Waals surface area contributed by atoms with E-state index in [1.165, 1.54) is 33.5 Å². The van der Waals surface area contributed by atoms with Crippen LogP contribution >= 0.6 is 0 Å². The fraction of sp³-hybridized carbons (Fsp3) is 0.447. The van der Waals surface area contributed by atoms with Crippen LogP contribution in [0.3, 0.4) is 0 Å². The first-order valence-electron chi connectivity index (χ1n) is 15.7. The second-order valence-corrected chi connectivity index (χ2v) is 12.6. The Hall–Kier alpha value is -2.88. The van der Waals surface area contributed by atoms with Gasteiger partial charge in [0.2, 0.25) is 0 Å². The Kier molecular flexibility index (Phi) is 11.9. The molecule has 0 unspecified atom stereocenters. The third-order valence-corrected chi connectivity index (χ3v) is 8.96. The zero-order valence-electron chi connectivity index (χ0n) is 27.0. The van der Waals surface area contributed by atoms with Crippen LogP contribution in [0.1, 0.15) is 97.8 Å². The predicted molar refractivity (Wildman–Crippen MR) is 176 cm³/mol. The molecule has 1 aliphatic rings. The summed E-state index contributed by atoms with van der Waals surface area (Å²) in [5.74, 6) is 1.16. The molecule has 0 saturated carbocycles. The molecule has 0 aliphatic heterocycles. The quantitative estimate of drug-likeness (QED) is 0.105. The molecule has 0 fully saturated rings. The summed E-state index contributed by atoms with van der Waals surface area (Å²) >= 11 is 0. The van der Waals surface area contributed by atoms with Crippen LogP contribution in [0.25, 0.3) is 32.9 Å². The molecule has 4 aromatic rings. The number of allylic oxidation sites excluding steroid dienone is 2. The molecule has 2 aromatic heterocycles. The van der Waals surface area contributed by atoms with Crippen molar-refractivity contribution in [1.82, 2.24) is 9.97 Å². The van der Waals surface area contributed by atoms with E-state index in [1.54, 1.807) is 0 Å². The van der Waals surface area contributed by atoms with E-state index in [-0.39, 0.29) is 48.9 Å². The average molecular weight is 756 g/mol. The molecule has 1 radical (unpaired) electrons. The molecule has 43 heavy (non-hydrogen) atoms. The SMILES string of the molecule is CC(C)Cc1cccc2nc3c(cc12)C(C)(C)c1cncc2cc[c-]c-3c12.CCC(CC)C(=O)/C=C(\O)C(CC)CC.[Ir]. The fourth-order valence-electron chi connectivity index (χ4n) is 6.30. The van der Waals surface area contributed by atoms with Gasteiger partial charge in [-0.15, -0.1) is 23.8 Å². The number of hydrogen-bond acceptors (Lipinski definition) is 4. The van der Waals surface area contributed by atoms with E-state index in [4.69, 9.17) is 4.98 Å². The number of nitrogens with zero attached hydrogens (tertiary/aromatic N) is 2. The Morgan fingerprint density at radius 2 is 1.65 bits per heavy atom. The zero-order valence-corrected chi connectivity index (χ0v) is 29.4. The Morgan fingerprint density at radius 1 is 0.977 bits per heavy atom.